The molecular formula is C17H16N4OS. The second kappa shape index (κ2) is 6.58. The van der Waals surface area contributed by atoms with Crippen LogP contribution in [-0.2, 0) is 0 Å². The minimum absolute atomic E-state index is 0.449. The first-order valence-electron chi connectivity index (χ1n) is 7.15. The minimum atomic E-state index is 0.449. The Morgan fingerprint density at radius 3 is 2.87 bits per heavy atom. The molecule has 0 radical (unpaired) electrons. The van der Waals surface area contributed by atoms with E-state index < -0.39 is 0 Å². The summed E-state index contributed by atoms with van der Waals surface area (Å²) in [6.45, 7) is 3.98. The monoisotopic (exact) mass is 324 g/mol. The first-order valence-corrected chi connectivity index (χ1v) is 7.55. The number of rotatable bonds is 4. The molecule has 0 saturated heterocycles. The molecule has 23 heavy (non-hydrogen) atoms. The average molecular weight is 324 g/mol. The molecule has 2 heterocycles. The maximum Gasteiger partial charge on any atom is 0.216 e. The molecular weight excluding hydrogens is 308 g/mol. The Morgan fingerprint density at radius 1 is 1.30 bits per heavy atom. The van der Waals surface area contributed by atoms with Crippen molar-refractivity contribution in [3.8, 4) is 11.4 Å². The summed E-state index contributed by atoms with van der Waals surface area (Å²) in [7, 11) is 0. The Bertz CT molecular complexity index is 916. The SMILES string of the molecule is CC(/C=N\n1c(-c2ccccc2C)n[nH]c1=S)=C\c1ccco1. The zero-order chi connectivity index (χ0) is 16.2. The maximum atomic E-state index is 5.29. The van der Waals surface area contributed by atoms with E-state index in [1.807, 2.05) is 56.3 Å². The first-order chi connectivity index (χ1) is 11.1. The highest BCUT2D eigenvalue weighted by atomic mass is 32.1. The number of hydrogen-bond acceptors (Lipinski definition) is 4. The van der Waals surface area contributed by atoms with Crippen molar-refractivity contribution in [3.63, 3.8) is 0 Å². The third-order valence-corrected chi connectivity index (χ3v) is 3.59. The number of nitrogens with one attached hydrogen (secondary N) is 1. The van der Waals surface area contributed by atoms with Gasteiger partial charge in [0.25, 0.3) is 0 Å². The summed E-state index contributed by atoms with van der Waals surface area (Å²) >= 11 is 5.28. The molecule has 2 aromatic heterocycles. The van der Waals surface area contributed by atoms with Crippen LogP contribution < -0.4 is 0 Å². The fraction of sp³-hybridized carbons (Fsp3) is 0.118. The molecule has 6 heteroatoms. The summed E-state index contributed by atoms with van der Waals surface area (Å²) in [6.07, 6.45) is 5.27. The lowest BCUT2D eigenvalue weighted by Crippen LogP contribution is -1.96. The molecule has 1 N–H and O–H groups in total. The molecule has 0 aliphatic rings. The van der Waals surface area contributed by atoms with Gasteiger partial charge in [0.2, 0.25) is 4.77 Å². The van der Waals surface area contributed by atoms with E-state index in [0.29, 0.717) is 10.6 Å². The van der Waals surface area contributed by atoms with Crippen LogP contribution in [0.3, 0.4) is 0 Å². The maximum absolute atomic E-state index is 5.29. The van der Waals surface area contributed by atoms with Crippen molar-refractivity contribution >= 4 is 24.5 Å². The fourth-order valence-electron chi connectivity index (χ4n) is 2.18. The van der Waals surface area contributed by atoms with Crippen molar-refractivity contribution < 1.29 is 4.42 Å². The van der Waals surface area contributed by atoms with Crippen LogP contribution in [0.1, 0.15) is 18.2 Å². The average Bonchev–Trinajstić information content (AvgIpc) is 3.16. The molecule has 0 aliphatic heterocycles. The summed E-state index contributed by atoms with van der Waals surface area (Å²) in [4.78, 5) is 0. The van der Waals surface area contributed by atoms with E-state index in [1.54, 1.807) is 17.2 Å². The van der Waals surface area contributed by atoms with Crippen LogP contribution in [0, 0.1) is 11.7 Å². The van der Waals surface area contributed by atoms with Crippen molar-refractivity contribution in [2.24, 2.45) is 5.10 Å². The Labute approximate surface area is 139 Å². The number of aromatic nitrogens is 3. The van der Waals surface area contributed by atoms with E-state index in [1.165, 1.54) is 0 Å². The molecule has 0 fully saturated rings. The molecule has 0 unspecified atom stereocenters. The van der Waals surface area contributed by atoms with Gasteiger partial charge in [-0.2, -0.15) is 14.9 Å². The second-order valence-electron chi connectivity index (χ2n) is 5.13. The third-order valence-electron chi connectivity index (χ3n) is 3.33. The third kappa shape index (κ3) is 3.37. The largest absolute Gasteiger partial charge is 0.465 e. The van der Waals surface area contributed by atoms with Crippen LogP contribution in [-0.4, -0.2) is 21.1 Å². The van der Waals surface area contributed by atoms with Crippen molar-refractivity contribution in [3.05, 3.63) is 64.3 Å². The fourth-order valence-corrected chi connectivity index (χ4v) is 2.36. The van der Waals surface area contributed by atoms with Crippen molar-refractivity contribution in [1.29, 1.82) is 0 Å². The normalized spacial score (nSPS) is 12.2. The van der Waals surface area contributed by atoms with Gasteiger partial charge in [0.15, 0.2) is 5.82 Å². The topological polar surface area (TPSA) is 59.1 Å². The second-order valence-corrected chi connectivity index (χ2v) is 5.51. The smallest absolute Gasteiger partial charge is 0.216 e. The standard InChI is InChI=1S/C17H16N4OS/c1-12(10-14-7-5-9-22-14)11-18-21-16(19-20-17(21)23)15-8-4-3-6-13(15)2/h3-11H,1-2H3,(H,20,23)/b12-10+,18-11-. The van der Waals surface area contributed by atoms with E-state index in [-0.39, 0.29) is 0 Å². The highest BCUT2D eigenvalue weighted by Gasteiger charge is 2.09. The van der Waals surface area contributed by atoms with Gasteiger partial charge in [-0.05, 0) is 55.4 Å². The minimum Gasteiger partial charge on any atom is -0.465 e. The van der Waals surface area contributed by atoms with Crippen LogP contribution in [0.4, 0.5) is 0 Å². The van der Waals surface area contributed by atoms with E-state index in [4.69, 9.17) is 16.6 Å². The Kier molecular flexibility index (Phi) is 4.34. The molecule has 0 amide bonds. The zero-order valence-corrected chi connectivity index (χ0v) is 13.7. The Hall–Kier alpha value is -2.73. The molecule has 0 spiro atoms. The van der Waals surface area contributed by atoms with E-state index in [9.17, 15) is 0 Å². The van der Waals surface area contributed by atoms with Crippen LogP contribution >= 0.6 is 12.2 Å². The predicted octanol–water partition coefficient (Wildman–Crippen LogP) is 4.45. The van der Waals surface area contributed by atoms with E-state index >= 15 is 0 Å². The summed E-state index contributed by atoms with van der Waals surface area (Å²) in [5, 5.41) is 11.5. The van der Waals surface area contributed by atoms with Crippen LogP contribution in [0.5, 0.6) is 0 Å². The zero-order valence-electron chi connectivity index (χ0n) is 12.9. The molecule has 0 bridgehead atoms. The van der Waals surface area contributed by atoms with Gasteiger partial charge in [0.05, 0.1) is 12.5 Å². The van der Waals surface area contributed by atoms with Gasteiger partial charge in [-0.25, -0.2) is 5.10 Å². The molecule has 0 aliphatic carbocycles. The summed E-state index contributed by atoms with van der Waals surface area (Å²) in [5.41, 5.74) is 3.05. The van der Waals surface area contributed by atoms with Crippen LogP contribution in [0.2, 0.25) is 0 Å². The molecule has 1 aromatic carbocycles. The number of aryl methyl sites for hydroxylation is 1. The van der Waals surface area contributed by atoms with Gasteiger partial charge in [0.1, 0.15) is 5.76 Å². The number of benzene rings is 1. The highest BCUT2D eigenvalue weighted by molar-refractivity contribution is 7.71. The van der Waals surface area contributed by atoms with Crippen LogP contribution in [0.25, 0.3) is 17.5 Å². The van der Waals surface area contributed by atoms with Gasteiger partial charge >= 0.3 is 0 Å². The molecule has 0 saturated carbocycles. The quantitative estimate of drug-likeness (QED) is 0.570. The number of nitrogens with zero attached hydrogens (tertiary/aromatic N) is 3. The summed E-state index contributed by atoms with van der Waals surface area (Å²) in [6, 6.07) is 11.7. The van der Waals surface area contributed by atoms with Crippen LogP contribution in [0.15, 0.2) is 57.8 Å². The van der Waals surface area contributed by atoms with E-state index in [0.717, 1.165) is 22.5 Å². The van der Waals surface area contributed by atoms with Gasteiger partial charge in [0, 0.05) is 5.56 Å². The van der Waals surface area contributed by atoms with Gasteiger partial charge in [-0.1, -0.05) is 24.3 Å². The lowest BCUT2D eigenvalue weighted by atomic mass is 10.1. The predicted molar refractivity (Wildman–Crippen MR) is 93.8 cm³/mol. The Morgan fingerprint density at radius 2 is 2.13 bits per heavy atom. The number of aromatic amines is 1. The van der Waals surface area contributed by atoms with Crippen molar-refractivity contribution in [2.75, 3.05) is 0 Å². The van der Waals surface area contributed by atoms with Gasteiger partial charge in [-0.15, -0.1) is 0 Å². The van der Waals surface area contributed by atoms with Crippen molar-refractivity contribution in [2.45, 2.75) is 13.8 Å². The molecule has 116 valence electrons. The molecule has 3 aromatic rings. The highest BCUT2D eigenvalue weighted by Crippen LogP contribution is 2.21. The Balaban J connectivity index is 1.95. The number of allylic oxidation sites excluding steroid dienone is 1. The number of H-pyrrole nitrogens is 1. The number of hydrogen-bond donors (Lipinski definition) is 1. The molecule has 3 rings (SSSR count). The van der Waals surface area contributed by atoms with Gasteiger partial charge < -0.3 is 4.42 Å². The summed E-state index contributed by atoms with van der Waals surface area (Å²) in [5.74, 6) is 1.47. The van der Waals surface area contributed by atoms with Gasteiger partial charge in [-0.3, -0.25) is 0 Å². The van der Waals surface area contributed by atoms with E-state index in [2.05, 4.69) is 15.3 Å². The number of furan rings is 1. The first kappa shape index (κ1) is 15.2. The lowest BCUT2D eigenvalue weighted by Gasteiger charge is -2.04. The van der Waals surface area contributed by atoms with Crippen molar-refractivity contribution in [1.82, 2.24) is 14.9 Å². The molecule has 5 nitrogen and oxygen atoms in total. The molecule has 0 atom stereocenters. The summed E-state index contributed by atoms with van der Waals surface area (Å²) < 4.78 is 7.36. The lowest BCUT2D eigenvalue weighted by molar-refractivity contribution is 0.557.